The van der Waals surface area contributed by atoms with Gasteiger partial charge in [-0.05, 0) is 43.3 Å². The molecule has 8 heteroatoms. The van der Waals surface area contributed by atoms with Crippen LogP contribution in [0.5, 0.6) is 0 Å². The van der Waals surface area contributed by atoms with Crippen molar-refractivity contribution >= 4 is 57.5 Å². The lowest BCUT2D eigenvalue weighted by Gasteiger charge is -2.11. The SMILES string of the molecule is CCNC(=NCc1ccccn1)NCCC(=O)Nc1ccc(Br)cc1.I. The minimum absolute atomic E-state index is 0. The molecule has 0 aliphatic heterocycles. The van der Waals surface area contributed by atoms with Crippen LogP contribution in [0.25, 0.3) is 0 Å². The number of rotatable bonds is 7. The number of aromatic nitrogens is 1. The van der Waals surface area contributed by atoms with Crippen LogP contribution >= 0.6 is 39.9 Å². The predicted octanol–water partition coefficient (Wildman–Crippen LogP) is 3.55. The Morgan fingerprint density at radius 3 is 2.58 bits per heavy atom. The van der Waals surface area contributed by atoms with Gasteiger partial charge in [-0.1, -0.05) is 22.0 Å². The molecule has 1 amide bonds. The summed E-state index contributed by atoms with van der Waals surface area (Å²) in [5.74, 6) is 0.625. The van der Waals surface area contributed by atoms with E-state index >= 15 is 0 Å². The second-order valence-electron chi connectivity index (χ2n) is 5.25. The summed E-state index contributed by atoms with van der Waals surface area (Å²) in [7, 11) is 0. The van der Waals surface area contributed by atoms with Crippen molar-refractivity contribution in [3.05, 3.63) is 58.8 Å². The van der Waals surface area contributed by atoms with E-state index in [0.717, 1.165) is 22.4 Å². The molecule has 2 aromatic rings. The molecule has 0 spiro atoms. The van der Waals surface area contributed by atoms with Crippen LogP contribution in [-0.2, 0) is 11.3 Å². The Balaban J connectivity index is 0.00000338. The van der Waals surface area contributed by atoms with Crippen LogP contribution < -0.4 is 16.0 Å². The number of carbonyl (C=O) groups is 1. The number of carbonyl (C=O) groups excluding carboxylic acids is 1. The fraction of sp³-hybridized carbons (Fsp3) is 0.278. The lowest BCUT2D eigenvalue weighted by Crippen LogP contribution is -2.38. The smallest absolute Gasteiger partial charge is 0.226 e. The van der Waals surface area contributed by atoms with Crippen LogP contribution in [0.4, 0.5) is 5.69 Å². The summed E-state index contributed by atoms with van der Waals surface area (Å²) < 4.78 is 0.978. The quantitative estimate of drug-likeness (QED) is 0.290. The van der Waals surface area contributed by atoms with E-state index in [-0.39, 0.29) is 29.9 Å². The van der Waals surface area contributed by atoms with Gasteiger partial charge in [-0.15, -0.1) is 24.0 Å². The monoisotopic (exact) mass is 531 g/mol. The van der Waals surface area contributed by atoms with Crippen molar-refractivity contribution in [1.82, 2.24) is 15.6 Å². The van der Waals surface area contributed by atoms with Crippen LogP contribution in [0, 0.1) is 0 Å². The van der Waals surface area contributed by atoms with Crippen LogP contribution in [0.2, 0.25) is 0 Å². The van der Waals surface area contributed by atoms with Crippen LogP contribution in [0.15, 0.2) is 58.1 Å². The van der Waals surface area contributed by atoms with E-state index in [1.165, 1.54) is 0 Å². The predicted molar refractivity (Wildman–Crippen MR) is 120 cm³/mol. The van der Waals surface area contributed by atoms with Crippen molar-refractivity contribution < 1.29 is 4.79 Å². The van der Waals surface area contributed by atoms with Crippen molar-refractivity contribution in [2.24, 2.45) is 4.99 Å². The van der Waals surface area contributed by atoms with Crippen molar-refractivity contribution in [1.29, 1.82) is 0 Å². The molecule has 26 heavy (non-hydrogen) atoms. The van der Waals surface area contributed by atoms with Gasteiger partial charge in [-0.2, -0.15) is 0 Å². The number of benzene rings is 1. The molecule has 0 unspecified atom stereocenters. The number of pyridine rings is 1. The molecular formula is C18H23BrIN5O. The van der Waals surface area contributed by atoms with Gasteiger partial charge in [0.2, 0.25) is 5.91 Å². The first kappa shape index (κ1) is 22.4. The Bertz CT molecular complexity index is 694. The molecule has 1 heterocycles. The fourth-order valence-electron chi connectivity index (χ4n) is 2.04. The minimum Gasteiger partial charge on any atom is -0.357 e. The van der Waals surface area contributed by atoms with Gasteiger partial charge in [0.05, 0.1) is 12.2 Å². The third-order valence-electron chi connectivity index (χ3n) is 3.24. The van der Waals surface area contributed by atoms with E-state index in [4.69, 9.17) is 0 Å². The molecule has 2 rings (SSSR count). The molecule has 0 aliphatic rings. The molecule has 0 bridgehead atoms. The lowest BCUT2D eigenvalue weighted by atomic mass is 10.3. The minimum atomic E-state index is -0.0459. The first-order valence-electron chi connectivity index (χ1n) is 8.15. The van der Waals surface area contributed by atoms with Gasteiger partial charge in [0, 0.05) is 35.9 Å². The summed E-state index contributed by atoms with van der Waals surface area (Å²) in [6.07, 6.45) is 2.10. The second-order valence-corrected chi connectivity index (χ2v) is 6.16. The fourth-order valence-corrected chi connectivity index (χ4v) is 2.31. The van der Waals surface area contributed by atoms with Crippen LogP contribution in [-0.4, -0.2) is 29.9 Å². The number of nitrogens with one attached hydrogen (secondary N) is 3. The Kier molecular flexibility index (Phi) is 10.9. The molecule has 0 atom stereocenters. The van der Waals surface area contributed by atoms with Gasteiger partial charge < -0.3 is 16.0 Å². The Morgan fingerprint density at radius 2 is 1.92 bits per heavy atom. The molecule has 0 saturated carbocycles. The number of hydrogen-bond acceptors (Lipinski definition) is 3. The highest BCUT2D eigenvalue weighted by Crippen LogP contribution is 2.14. The second kappa shape index (κ2) is 12.6. The van der Waals surface area contributed by atoms with Crippen molar-refractivity contribution in [2.45, 2.75) is 19.9 Å². The Labute approximate surface area is 179 Å². The highest BCUT2D eigenvalue weighted by Gasteiger charge is 2.04. The normalized spacial score (nSPS) is 10.6. The lowest BCUT2D eigenvalue weighted by molar-refractivity contribution is -0.116. The van der Waals surface area contributed by atoms with Gasteiger partial charge in [-0.25, -0.2) is 4.99 Å². The van der Waals surface area contributed by atoms with Crippen molar-refractivity contribution in [3.63, 3.8) is 0 Å². The molecule has 1 aromatic carbocycles. The molecule has 6 nitrogen and oxygen atoms in total. The molecule has 0 fully saturated rings. The highest BCUT2D eigenvalue weighted by molar-refractivity contribution is 14.0. The molecule has 0 radical (unpaired) electrons. The summed E-state index contributed by atoms with van der Waals surface area (Å²) in [5.41, 5.74) is 1.68. The number of anilines is 1. The third-order valence-corrected chi connectivity index (χ3v) is 3.77. The number of guanidine groups is 1. The number of halogens is 2. The standard InChI is InChI=1S/C18H22BrN5O.HI/c1-2-20-18(23-13-16-5-3-4-11-21-16)22-12-10-17(25)24-15-8-6-14(19)7-9-15;/h3-9,11H,2,10,12-13H2,1H3,(H,24,25)(H2,20,22,23);1H. The van der Waals surface area contributed by atoms with Gasteiger partial charge in [0.15, 0.2) is 5.96 Å². The highest BCUT2D eigenvalue weighted by atomic mass is 127. The molecule has 0 saturated heterocycles. The summed E-state index contributed by atoms with van der Waals surface area (Å²) >= 11 is 3.37. The van der Waals surface area contributed by atoms with E-state index < -0.39 is 0 Å². The van der Waals surface area contributed by atoms with E-state index in [1.54, 1.807) is 6.20 Å². The van der Waals surface area contributed by atoms with Crippen LogP contribution in [0.1, 0.15) is 19.0 Å². The topological polar surface area (TPSA) is 78.4 Å². The molecule has 1 aromatic heterocycles. The van der Waals surface area contributed by atoms with E-state index in [0.29, 0.717) is 25.5 Å². The molecule has 0 aliphatic carbocycles. The number of hydrogen-bond donors (Lipinski definition) is 3. The zero-order chi connectivity index (χ0) is 17.9. The average molecular weight is 532 g/mol. The van der Waals surface area contributed by atoms with Gasteiger partial charge in [0.25, 0.3) is 0 Å². The number of aliphatic imine (C=N–C) groups is 1. The zero-order valence-corrected chi connectivity index (χ0v) is 18.5. The van der Waals surface area contributed by atoms with Gasteiger partial charge in [-0.3, -0.25) is 9.78 Å². The summed E-state index contributed by atoms with van der Waals surface area (Å²) in [4.78, 5) is 20.7. The summed E-state index contributed by atoms with van der Waals surface area (Å²) in [6.45, 7) is 3.73. The summed E-state index contributed by atoms with van der Waals surface area (Å²) in [5, 5.41) is 9.18. The van der Waals surface area contributed by atoms with E-state index in [2.05, 4.69) is 41.9 Å². The maximum Gasteiger partial charge on any atom is 0.226 e. The van der Waals surface area contributed by atoms with Gasteiger partial charge >= 0.3 is 0 Å². The largest absolute Gasteiger partial charge is 0.357 e. The summed E-state index contributed by atoms with van der Waals surface area (Å²) in [6, 6.07) is 13.2. The van der Waals surface area contributed by atoms with E-state index in [9.17, 15) is 4.79 Å². The average Bonchev–Trinajstić information content (AvgIpc) is 2.62. The van der Waals surface area contributed by atoms with Crippen LogP contribution in [0.3, 0.4) is 0 Å². The van der Waals surface area contributed by atoms with Crippen molar-refractivity contribution in [2.75, 3.05) is 18.4 Å². The number of nitrogens with zero attached hydrogens (tertiary/aromatic N) is 2. The Hall–Kier alpha value is -1.68. The maximum atomic E-state index is 12.0. The first-order chi connectivity index (χ1) is 12.2. The number of amides is 1. The molecule has 140 valence electrons. The first-order valence-corrected chi connectivity index (χ1v) is 8.94. The zero-order valence-electron chi connectivity index (χ0n) is 14.5. The molecular weight excluding hydrogens is 509 g/mol. The third kappa shape index (κ3) is 8.61. The Morgan fingerprint density at radius 1 is 1.15 bits per heavy atom. The van der Waals surface area contributed by atoms with Gasteiger partial charge in [0.1, 0.15) is 0 Å². The van der Waals surface area contributed by atoms with Crippen molar-refractivity contribution in [3.8, 4) is 0 Å². The van der Waals surface area contributed by atoms with E-state index in [1.807, 2.05) is 49.4 Å². The maximum absolute atomic E-state index is 12.0. The molecule has 3 N–H and O–H groups in total.